The van der Waals surface area contributed by atoms with Gasteiger partial charge >= 0.3 is 0 Å². The zero-order chi connectivity index (χ0) is 15.5. The van der Waals surface area contributed by atoms with Crippen LogP contribution in [0.4, 0.5) is 11.4 Å². The molecule has 0 aromatic heterocycles. The van der Waals surface area contributed by atoms with Gasteiger partial charge in [-0.3, -0.25) is 0 Å². The highest BCUT2D eigenvalue weighted by atomic mass is 35.5. The number of hydrogen-bond donors (Lipinski definition) is 3. The summed E-state index contributed by atoms with van der Waals surface area (Å²) in [7, 11) is -2.21. The molecule has 0 heterocycles. The molecule has 0 unspecified atom stereocenters. The number of benzene rings is 2. The minimum atomic E-state index is -3.58. The number of nitrogens with two attached hydrogens (primary N) is 1. The van der Waals surface area contributed by atoms with Crippen molar-refractivity contribution in [1.29, 1.82) is 0 Å². The Morgan fingerprint density at radius 1 is 1.14 bits per heavy atom. The van der Waals surface area contributed by atoms with Gasteiger partial charge in [0.1, 0.15) is 4.90 Å². The molecule has 0 fully saturated rings. The average molecular weight is 326 g/mol. The quantitative estimate of drug-likeness (QED) is 0.737. The maximum atomic E-state index is 12.0. The van der Waals surface area contributed by atoms with E-state index in [1.165, 1.54) is 13.1 Å². The largest absolute Gasteiger partial charge is 0.399 e. The van der Waals surface area contributed by atoms with Crippen LogP contribution in [-0.4, -0.2) is 15.5 Å². The third kappa shape index (κ3) is 3.87. The fourth-order valence-corrected chi connectivity index (χ4v) is 2.88. The van der Waals surface area contributed by atoms with Gasteiger partial charge in [0, 0.05) is 17.3 Å². The Kier molecular flexibility index (Phi) is 4.72. The third-order valence-corrected chi connectivity index (χ3v) is 4.67. The van der Waals surface area contributed by atoms with Crippen molar-refractivity contribution in [2.75, 3.05) is 18.1 Å². The van der Waals surface area contributed by atoms with Crippen molar-refractivity contribution in [3.05, 3.63) is 53.1 Å². The molecule has 4 N–H and O–H groups in total. The van der Waals surface area contributed by atoms with Crippen molar-refractivity contribution in [1.82, 2.24) is 4.72 Å². The van der Waals surface area contributed by atoms with Crippen LogP contribution in [0.2, 0.25) is 5.02 Å². The van der Waals surface area contributed by atoms with Crippen LogP contribution in [0.5, 0.6) is 0 Å². The lowest BCUT2D eigenvalue weighted by molar-refractivity contribution is 0.588. The van der Waals surface area contributed by atoms with E-state index < -0.39 is 10.0 Å². The molecule has 0 radical (unpaired) electrons. The first-order chi connectivity index (χ1) is 9.92. The van der Waals surface area contributed by atoms with Crippen LogP contribution in [0.15, 0.2) is 47.4 Å². The molecule has 5 nitrogen and oxygen atoms in total. The van der Waals surface area contributed by atoms with E-state index in [9.17, 15) is 8.42 Å². The SMILES string of the molecule is CNS(=O)(=O)c1cc(N)ccc1NCc1ccc(Cl)cc1. The summed E-state index contributed by atoms with van der Waals surface area (Å²) < 4.78 is 26.3. The lowest BCUT2D eigenvalue weighted by Gasteiger charge is -2.13. The van der Waals surface area contributed by atoms with Crippen LogP contribution < -0.4 is 15.8 Å². The van der Waals surface area contributed by atoms with E-state index in [-0.39, 0.29) is 4.90 Å². The molecular weight excluding hydrogens is 310 g/mol. The van der Waals surface area contributed by atoms with Gasteiger partial charge in [-0.15, -0.1) is 0 Å². The molecule has 0 aliphatic rings. The smallest absolute Gasteiger partial charge is 0.242 e. The van der Waals surface area contributed by atoms with Gasteiger partial charge in [0.25, 0.3) is 0 Å². The Hall–Kier alpha value is -1.76. The first-order valence-electron chi connectivity index (χ1n) is 6.24. The van der Waals surface area contributed by atoms with Gasteiger partial charge in [0.15, 0.2) is 0 Å². The molecule has 112 valence electrons. The molecule has 0 bridgehead atoms. The van der Waals surface area contributed by atoms with E-state index in [0.717, 1.165) is 5.56 Å². The van der Waals surface area contributed by atoms with Crippen LogP contribution in [0.1, 0.15) is 5.56 Å². The van der Waals surface area contributed by atoms with Gasteiger partial charge in [-0.25, -0.2) is 13.1 Å². The van der Waals surface area contributed by atoms with E-state index in [1.54, 1.807) is 24.3 Å². The van der Waals surface area contributed by atoms with Gasteiger partial charge in [-0.1, -0.05) is 23.7 Å². The highest BCUT2D eigenvalue weighted by Gasteiger charge is 2.16. The van der Waals surface area contributed by atoms with Gasteiger partial charge in [0.05, 0.1) is 5.69 Å². The van der Waals surface area contributed by atoms with Gasteiger partial charge in [-0.2, -0.15) is 0 Å². The maximum absolute atomic E-state index is 12.0. The molecule has 0 saturated carbocycles. The first-order valence-corrected chi connectivity index (χ1v) is 8.10. The van der Waals surface area contributed by atoms with Crippen LogP contribution in [-0.2, 0) is 16.6 Å². The second-order valence-corrected chi connectivity index (χ2v) is 6.73. The maximum Gasteiger partial charge on any atom is 0.242 e. The van der Waals surface area contributed by atoms with Crippen molar-refractivity contribution in [2.45, 2.75) is 11.4 Å². The van der Waals surface area contributed by atoms with Crippen molar-refractivity contribution in [3.8, 4) is 0 Å². The summed E-state index contributed by atoms with van der Waals surface area (Å²) >= 11 is 5.83. The molecule has 0 saturated heterocycles. The van der Waals surface area contributed by atoms with E-state index in [4.69, 9.17) is 17.3 Å². The number of nitrogens with one attached hydrogen (secondary N) is 2. The van der Waals surface area contributed by atoms with Crippen molar-refractivity contribution >= 4 is 33.0 Å². The number of hydrogen-bond acceptors (Lipinski definition) is 4. The second kappa shape index (κ2) is 6.34. The zero-order valence-electron chi connectivity index (χ0n) is 11.4. The Bertz CT molecular complexity index is 730. The highest BCUT2D eigenvalue weighted by molar-refractivity contribution is 7.89. The molecule has 7 heteroatoms. The van der Waals surface area contributed by atoms with Crippen molar-refractivity contribution in [3.63, 3.8) is 0 Å². The van der Waals surface area contributed by atoms with Gasteiger partial charge in [0.2, 0.25) is 10.0 Å². The summed E-state index contributed by atoms with van der Waals surface area (Å²) in [6.45, 7) is 0.479. The van der Waals surface area contributed by atoms with E-state index in [2.05, 4.69) is 10.0 Å². The lowest BCUT2D eigenvalue weighted by Crippen LogP contribution is -2.20. The van der Waals surface area contributed by atoms with Crippen LogP contribution in [0.3, 0.4) is 0 Å². The molecule has 21 heavy (non-hydrogen) atoms. The normalized spacial score (nSPS) is 11.3. The topological polar surface area (TPSA) is 84.2 Å². The summed E-state index contributed by atoms with van der Waals surface area (Å²) in [5.74, 6) is 0. The second-order valence-electron chi connectivity index (χ2n) is 4.44. The van der Waals surface area contributed by atoms with Crippen LogP contribution >= 0.6 is 11.6 Å². The summed E-state index contributed by atoms with van der Waals surface area (Å²) in [6.07, 6.45) is 0. The van der Waals surface area contributed by atoms with Gasteiger partial charge in [-0.05, 0) is 42.9 Å². The van der Waals surface area contributed by atoms with Crippen LogP contribution in [0, 0.1) is 0 Å². The molecule has 2 rings (SSSR count). The number of sulfonamides is 1. The Labute approximate surface area is 129 Å². The summed E-state index contributed by atoms with van der Waals surface area (Å²) in [5.41, 5.74) is 7.54. The minimum absolute atomic E-state index is 0.124. The Morgan fingerprint density at radius 3 is 2.43 bits per heavy atom. The zero-order valence-corrected chi connectivity index (χ0v) is 13.0. The molecule has 0 aliphatic carbocycles. The minimum Gasteiger partial charge on any atom is -0.399 e. The fraction of sp³-hybridized carbons (Fsp3) is 0.143. The van der Waals surface area contributed by atoms with Crippen molar-refractivity contribution in [2.24, 2.45) is 0 Å². The summed E-state index contributed by atoms with van der Waals surface area (Å²) in [4.78, 5) is 0.124. The summed E-state index contributed by atoms with van der Waals surface area (Å²) in [6, 6.07) is 12.0. The van der Waals surface area contributed by atoms with E-state index in [0.29, 0.717) is 22.9 Å². The number of halogens is 1. The molecule has 0 aliphatic heterocycles. The van der Waals surface area contributed by atoms with E-state index >= 15 is 0 Å². The molecular formula is C14H16ClN3O2S. The van der Waals surface area contributed by atoms with Gasteiger partial charge < -0.3 is 11.1 Å². The fourth-order valence-electron chi connectivity index (χ4n) is 1.82. The number of rotatable bonds is 5. The first kappa shape index (κ1) is 15.6. The Balaban J connectivity index is 2.26. The van der Waals surface area contributed by atoms with Crippen molar-refractivity contribution < 1.29 is 8.42 Å². The Morgan fingerprint density at radius 2 is 1.81 bits per heavy atom. The number of nitrogen functional groups attached to an aromatic ring is 1. The standard InChI is InChI=1S/C14H16ClN3O2S/c1-17-21(19,20)14-8-12(16)6-7-13(14)18-9-10-2-4-11(15)5-3-10/h2-8,17-18H,9,16H2,1H3. The molecule has 2 aromatic carbocycles. The predicted octanol–water partition coefficient (Wildman–Crippen LogP) is 2.44. The molecule has 0 amide bonds. The lowest BCUT2D eigenvalue weighted by atomic mass is 10.2. The highest BCUT2D eigenvalue weighted by Crippen LogP contribution is 2.24. The molecule has 0 atom stereocenters. The third-order valence-electron chi connectivity index (χ3n) is 2.96. The predicted molar refractivity (Wildman–Crippen MR) is 85.9 cm³/mol. The number of anilines is 2. The molecule has 0 spiro atoms. The van der Waals surface area contributed by atoms with E-state index in [1.807, 2.05) is 12.1 Å². The summed E-state index contributed by atoms with van der Waals surface area (Å²) in [5, 5.41) is 3.76. The monoisotopic (exact) mass is 325 g/mol. The average Bonchev–Trinajstić information content (AvgIpc) is 2.47. The van der Waals surface area contributed by atoms with Crippen LogP contribution in [0.25, 0.3) is 0 Å². The molecule has 2 aromatic rings.